The zero-order valence-corrected chi connectivity index (χ0v) is 16.6. The third kappa shape index (κ3) is 3.34. The first kappa shape index (κ1) is 18.0. The Morgan fingerprint density at radius 1 is 0.926 bits per heavy atom. The maximum Gasteiger partial charge on any atom is 0.223 e. The van der Waals surface area contributed by atoms with Crippen LogP contribution in [0.2, 0.25) is 15.1 Å². The van der Waals surface area contributed by atoms with Gasteiger partial charge in [-0.25, -0.2) is 4.68 Å². The first-order valence-electron chi connectivity index (χ1n) is 8.05. The van der Waals surface area contributed by atoms with Gasteiger partial charge in [0.1, 0.15) is 5.69 Å². The molecule has 0 unspecified atom stereocenters. The normalized spacial score (nSPS) is 11.1. The summed E-state index contributed by atoms with van der Waals surface area (Å²) in [4.78, 5) is 4.31. The third-order valence-corrected chi connectivity index (χ3v) is 4.91. The lowest BCUT2D eigenvalue weighted by molar-refractivity contribution is 0.394. The molecule has 2 aromatic heterocycles. The second-order valence-electron chi connectivity index (χ2n) is 5.97. The average molecular weight is 420 g/mol. The molecule has 4 aromatic rings. The molecule has 0 spiro atoms. The van der Waals surface area contributed by atoms with E-state index in [1.807, 2.05) is 37.3 Å². The molecule has 8 heteroatoms. The van der Waals surface area contributed by atoms with E-state index >= 15 is 0 Å². The molecule has 0 aliphatic heterocycles. The Hall–Kier alpha value is -2.34. The summed E-state index contributed by atoms with van der Waals surface area (Å²) >= 11 is 18.5. The van der Waals surface area contributed by atoms with Gasteiger partial charge in [0.2, 0.25) is 11.7 Å². The van der Waals surface area contributed by atoms with Gasteiger partial charge >= 0.3 is 0 Å². The van der Waals surface area contributed by atoms with Gasteiger partial charge in [0.15, 0.2) is 0 Å². The molecule has 0 radical (unpaired) electrons. The highest BCUT2D eigenvalue weighted by atomic mass is 35.5. The Kier molecular flexibility index (Phi) is 4.68. The van der Waals surface area contributed by atoms with Crippen LogP contribution in [0.1, 0.15) is 11.5 Å². The molecule has 2 aromatic carbocycles. The van der Waals surface area contributed by atoms with Crippen molar-refractivity contribution in [2.24, 2.45) is 0 Å². The maximum atomic E-state index is 6.44. The van der Waals surface area contributed by atoms with Crippen LogP contribution in [-0.4, -0.2) is 19.9 Å². The summed E-state index contributed by atoms with van der Waals surface area (Å²) in [5.41, 5.74) is 3.99. The van der Waals surface area contributed by atoms with Gasteiger partial charge in [-0.1, -0.05) is 52.1 Å². The number of aryl methyl sites for hydroxylation is 1. The number of nitrogens with zero attached hydrogens (tertiary/aromatic N) is 4. The van der Waals surface area contributed by atoms with Crippen molar-refractivity contribution in [3.63, 3.8) is 0 Å². The minimum atomic E-state index is 0.420. The van der Waals surface area contributed by atoms with Crippen molar-refractivity contribution in [2.45, 2.75) is 13.8 Å². The van der Waals surface area contributed by atoms with Crippen molar-refractivity contribution in [1.82, 2.24) is 19.9 Å². The maximum absolute atomic E-state index is 6.44. The predicted molar refractivity (Wildman–Crippen MR) is 107 cm³/mol. The minimum absolute atomic E-state index is 0.420. The van der Waals surface area contributed by atoms with Crippen molar-refractivity contribution in [3.05, 3.63) is 69.0 Å². The topological polar surface area (TPSA) is 56.7 Å². The van der Waals surface area contributed by atoms with Gasteiger partial charge in [0, 0.05) is 28.1 Å². The van der Waals surface area contributed by atoms with Gasteiger partial charge in [-0.3, -0.25) is 0 Å². The van der Waals surface area contributed by atoms with E-state index in [9.17, 15) is 0 Å². The summed E-state index contributed by atoms with van der Waals surface area (Å²) in [6.07, 6.45) is 0. The molecule has 0 aliphatic carbocycles. The monoisotopic (exact) mass is 418 g/mol. The second kappa shape index (κ2) is 7.00. The van der Waals surface area contributed by atoms with Crippen molar-refractivity contribution < 1.29 is 4.52 Å². The molecule has 27 heavy (non-hydrogen) atoms. The average Bonchev–Trinajstić information content (AvgIpc) is 3.19. The lowest BCUT2D eigenvalue weighted by atomic mass is 10.1. The van der Waals surface area contributed by atoms with E-state index < -0.39 is 0 Å². The number of halogens is 3. The van der Waals surface area contributed by atoms with Crippen molar-refractivity contribution in [2.75, 3.05) is 0 Å². The Morgan fingerprint density at radius 3 is 2.26 bits per heavy atom. The van der Waals surface area contributed by atoms with Crippen LogP contribution in [-0.2, 0) is 0 Å². The van der Waals surface area contributed by atoms with Crippen molar-refractivity contribution in [3.8, 4) is 28.5 Å². The summed E-state index contributed by atoms with van der Waals surface area (Å²) in [7, 11) is 0. The smallest absolute Gasteiger partial charge is 0.223 e. The van der Waals surface area contributed by atoms with Crippen LogP contribution in [0.4, 0.5) is 0 Å². The zero-order valence-electron chi connectivity index (χ0n) is 14.4. The fourth-order valence-corrected chi connectivity index (χ4v) is 3.49. The lowest BCUT2D eigenvalue weighted by Crippen LogP contribution is -2.00. The minimum Gasteiger partial charge on any atom is -0.339 e. The van der Waals surface area contributed by atoms with Crippen LogP contribution < -0.4 is 0 Å². The van der Waals surface area contributed by atoms with E-state index in [-0.39, 0.29) is 0 Å². The SMILES string of the molecule is Cc1nc(-c2nn(-c3ccc(Cl)cc3Cl)c(-c3ccc(Cl)cc3)c2C)no1. The first-order chi connectivity index (χ1) is 12.9. The van der Waals surface area contributed by atoms with E-state index in [4.69, 9.17) is 44.4 Å². The van der Waals surface area contributed by atoms with E-state index in [2.05, 4.69) is 10.1 Å². The molecule has 0 saturated heterocycles. The zero-order chi connectivity index (χ0) is 19.1. The summed E-state index contributed by atoms with van der Waals surface area (Å²) < 4.78 is 6.88. The van der Waals surface area contributed by atoms with Gasteiger partial charge in [-0.15, -0.1) is 0 Å². The molecule has 0 amide bonds. The summed E-state index contributed by atoms with van der Waals surface area (Å²) in [6, 6.07) is 12.8. The molecular weight excluding hydrogens is 407 g/mol. The standard InChI is InChI=1S/C19H13Cl3N4O/c1-10-17(19-23-11(2)27-25-19)24-26(16-8-7-14(21)9-15(16)22)18(10)12-3-5-13(20)6-4-12/h3-9H,1-2H3. The van der Waals surface area contributed by atoms with E-state index in [1.165, 1.54) is 0 Å². The van der Waals surface area contributed by atoms with Gasteiger partial charge in [-0.2, -0.15) is 10.1 Å². The second-order valence-corrected chi connectivity index (χ2v) is 7.25. The van der Waals surface area contributed by atoms with Crippen molar-refractivity contribution in [1.29, 1.82) is 0 Å². The summed E-state index contributed by atoms with van der Waals surface area (Å²) in [6.45, 7) is 3.69. The van der Waals surface area contributed by atoms with Crippen LogP contribution in [0.25, 0.3) is 28.5 Å². The largest absolute Gasteiger partial charge is 0.339 e. The summed E-state index contributed by atoms with van der Waals surface area (Å²) in [5, 5.41) is 10.4. The van der Waals surface area contributed by atoms with Crippen LogP contribution in [0, 0.1) is 13.8 Å². The molecule has 2 heterocycles. The van der Waals surface area contributed by atoms with Crippen LogP contribution in [0.5, 0.6) is 0 Å². The highest BCUT2D eigenvalue weighted by molar-refractivity contribution is 6.35. The van der Waals surface area contributed by atoms with Crippen LogP contribution in [0.3, 0.4) is 0 Å². The number of aromatic nitrogens is 4. The molecule has 0 bridgehead atoms. The highest BCUT2D eigenvalue weighted by Crippen LogP contribution is 2.35. The van der Waals surface area contributed by atoms with E-state index in [0.29, 0.717) is 38.2 Å². The summed E-state index contributed by atoms with van der Waals surface area (Å²) in [5.74, 6) is 0.889. The van der Waals surface area contributed by atoms with Gasteiger partial charge < -0.3 is 4.52 Å². The Balaban J connectivity index is 1.99. The molecule has 4 rings (SSSR count). The fourth-order valence-electron chi connectivity index (χ4n) is 2.88. The molecule has 136 valence electrons. The van der Waals surface area contributed by atoms with Gasteiger partial charge in [-0.05, 0) is 37.3 Å². The lowest BCUT2D eigenvalue weighted by Gasteiger charge is -2.11. The van der Waals surface area contributed by atoms with E-state index in [1.54, 1.807) is 23.7 Å². The number of benzene rings is 2. The highest BCUT2D eigenvalue weighted by Gasteiger charge is 2.22. The molecule has 0 atom stereocenters. The Bertz CT molecular complexity index is 1130. The van der Waals surface area contributed by atoms with Crippen molar-refractivity contribution >= 4 is 34.8 Å². The molecule has 0 fully saturated rings. The van der Waals surface area contributed by atoms with Crippen LogP contribution in [0.15, 0.2) is 47.0 Å². The number of hydrogen-bond acceptors (Lipinski definition) is 4. The number of hydrogen-bond donors (Lipinski definition) is 0. The van der Waals surface area contributed by atoms with Gasteiger partial charge in [0.25, 0.3) is 0 Å². The van der Waals surface area contributed by atoms with Gasteiger partial charge in [0.05, 0.1) is 16.4 Å². The van der Waals surface area contributed by atoms with Crippen LogP contribution >= 0.6 is 34.8 Å². The van der Waals surface area contributed by atoms with E-state index in [0.717, 1.165) is 16.8 Å². The Morgan fingerprint density at radius 2 is 1.63 bits per heavy atom. The molecular formula is C19H13Cl3N4O. The number of rotatable bonds is 3. The molecule has 0 aliphatic rings. The molecule has 5 nitrogen and oxygen atoms in total. The predicted octanol–water partition coefficient (Wildman–Crippen LogP) is 6.17. The Labute approximate surface area is 170 Å². The molecule has 0 saturated carbocycles. The first-order valence-corrected chi connectivity index (χ1v) is 9.19. The third-order valence-electron chi connectivity index (χ3n) is 4.12. The molecule has 0 N–H and O–H groups in total. The quantitative estimate of drug-likeness (QED) is 0.398. The fraction of sp³-hybridized carbons (Fsp3) is 0.105.